The quantitative estimate of drug-likeness (QED) is 0.444. The zero-order valence-corrected chi connectivity index (χ0v) is 19.3. The molecule has 1 amide bonds. The monoisotopic (exact) mass is 471 g/mol. The molecule has 2 fully saturated rings. The molecular weight excluding hydrogens is 446 g/mol. The topological polar surface area (TPSA) is 119 Å². The smallest absolute Gasteiger partial charge is 0.248 e. The van der Waals surface area contributed by atoms with Crippen LogP contribution in [0.4, 0.5) is 0 Å². The number of nitrogens with zero attached hydrogens (tertiary/aromatic N) is 7. The molecule has 10 heteroatoms. The lowest BCUT2D eigenvalue weighted by Gasteiger charge is -2.38. The lowest BCUT2D eigenvalue weighted by atomic mass is 9.86. The van der Waals surface area contributed by atoms with E-state index in [9.17, 15) is 14.7 Å². The molecule has 0 radical (unpaired) electrons. The van der Waals surface area contributed by atoms with Gasteiger partial charge < -0.3 is 10.0 Å². The molecule has 1 N–H and O–H groups in total. The number of amides is 1. The van der Waals surface area contributed by atoms with E-state index in [4.69, 9.17) is 4.98 Å². The lowest BCUT2D eigenvalue weighted by molar-refractivity contribution is -0.138. The van der Waals surface area contributed by atoms with Crippen LogP contribution in [0.2, 0.25) is 0 Å². The summed E-state index contributed by atoms with van der Waals surface area (Å²) in [5.41, 5.74) is 4.54. The Balaban J connectivity index is 1.35. The summed E-state index contributed by atoms with van der Waals surface area (Å²) in [6.07, 6.45) is 11.2. The molecule has 6 rings (SSSR count). The van der Waals surface area contributed by atoms with Crippen LogP contribution in [0.15, 0.2) is 43.0 Å². The summed E-state index contributed by atoms with van der Waals surface area (Å²) in [6, 6.07) is 5.93. The molecule has 4 aromatic rings. The number of pyridine rings is 1. The highest BCUT2D eigenvalue weighted by atomic mass is 16.3. The van der Waals surface area contributed by atoms with Crippen LogP contribution in [0.1, 0.15) is 53.3 Å². The van der Waals surface area contributed by atoms with Crippen LogP contribution < -0.4 is 0 Å². The van der Waals surface area contributed by atoms with Gasteiger partial charge in [0.05, 0.1) is 23.1 Å². The molecule has 2 aliphatic heterocycles. The van der Waals surface area contributed by atoms with E-state index in [1.165, 1.54) is 0 Å². The van der Waals surface area contributed by atoms with Crippen molar-refractivity contribution in [2.75, 3.05) is 6.61 Å². The van der Waals surface area contributed by atoms with E-state index in [1.807, 2.05) is 36.2 Å². The number of aromatic nitrogens is 6. The average molecular weight is 472 g/mol. The van der Waals surface area contributed by atoms with Gasteiger partial charge in [-0.25, -0.2) is 19.2 Å². The first-order valence-corrected chi connectivity index (χ1v) is 11.8. The third-order valence-electron chi connectivity index (χ3n) is 7.24. The van der Waals surface area contributed by atoms with Gasteiger partial charge in [0, 0.05) is 47.7 Å². The van der Waals surface area contributed by atoms with Crippen molar-refractivity contribution in [2.45, 2.75) is 50.6 Å². The Morgan fingerprint density at radius 3 is 2.60 bits per heavy atom. The maximum absolute atomic E-state index is 12.2. The van der Waals surface area contributed by atoms with E-state index >= 15 is 0 Å². The van der Waals surface area contributed by atoms with Crippen LogP contribution in [-0.4, -0.2) is 70.3 Å². The number of carbonyl (C=O) groups is 2. The molecule has 2 aliphatic rings. The van der Waals surface area contributed by atoms with Gasteiger partial charge in [-0.3, -0.25) is 9.59 Å². The molecule has 2 bridgehead atoms. The number of carbonyl (C=O) groups excluding carboxylic acids is 2. The van der Waals surface area contributed by atoms with Gasteiger partial charge in [0.2, 0.25) is 5.91 Å². The fourth-order valence-electron chi connectivity index (χ4n) is 5.67. The highest BCUT2D eigenvalue weighted by Gasteiger charge is 2.44. The number of piperidine rings is 1. The van der Waals surface area contributed by atoms with E-state index in [-0.39, 0.29) is 23.9 Å². The van der Waals surface area contributed by atoms with Crippen LogP contribution in [-0.2, 0) is 4.79 Å². The minimum Gasteiger partial charge on any atom is -0.387 e. The Morgan fingerprint density at radius 2 is 1.97 bits per heavy atom. The molecule has 0 saturated carbocycles. The first kappa shape index (κ1) is 21.6. The molecule has 0 aliphatic carbocycles. The van der Waals surface area contributed by atoms with Crippen molar-refractivity contribution in [1.82, 2.24) is 34.3 Å². The largest absolute Gasteiger partial charge is 0.387 e. The Labute approximate surface area is 201 Å². The lowest BCUT2D eigenvalue weighted by Crippen LogP contribution is -2.47. The van der Waals surface area contributed by atoms with Gasteiger partial charge in [-0.05, 0) is 50.8 Å². The van der Waals surface area contributed by atoms with E-state index < -0.39 is 6.61 Å². The maximum Gasteiger partial charge on any atom is 0.248 e. The highest BCUT2D eigenvalue weighted by Crippen LogP contribution is 2.43. The molecule has 178 valence electrons. The van der Waals surface area contributed by atoms with Crippen molar-refractivity contribution in [3.63, 3.8) is 0 Å². The minimum atomic E-state index is -0.465. The van der Waals surface area contributed by atoms with Crippen LogP contribution in [0.3, 0.4) is 0 Å². The summed E-state index contributed by atoms with van der Waals surface area (Å²) >= 11 is 0. The predicted octanol–water partition coefficient (Wildman–Crippen LogP) is 2.33. The fourth-order valence-corrected chi connectivity index (χ4v) is 5.67. The second-order valence-corrected chi connectivity index (χ2v) is 9.34. The van der Waals surface area contributed by atoms with E-state index in [1.54, 1.807) is 27.8 Å². The first-order chi connectivity index (χ1) is 17.1. The number of aliphatic hydroxyl groups excluding tert-OH is 1. The third kappa shape index (κ3) is 3.61. The van der Waals surface area contributed by atoms with Gasteiger partial charge in [0.15, 0.2) is 17.8 Å². The molecule has 3 atom stereocenters. The summed E-state index contributed by atoms with van der Waals surface area (Å²) in [4.78, 5) is 35.5. The zero-order chi connectivity index (χ0) is 24.1. The van der Waals surface area contributed by atoms with Gasteiger partial charge in [-0.1, -0.05) is 0 Å². The predicted molar refractivity (Wildman–Crippen MR) is 126 cm³/mol. The molecule has 10 nitrogen and oxygen atoms in total. The van der Waals surface area contributed by atoms with E-state index in [2.05, 4.69) is 15.2 Å². The number of aliphatic hydroxyl groups is 1. The van der Waals surface area contributed by atoms with Crippen LogP contribution in [0.5, 0.6) is 0 Å². The molecule has 2 saturated heterocycles. The van der Waals surface area contributed by atoms with Gasteiger partial charge in [0.25, 0.3) is 0 Å². The summed E-state index contributed by atoms with van der Waals surface area (Å²) in [7, 11) is 0. The molecule has 0 unspecified atom stereocenters. The number of aldehydes is 1. The molecule has 0 spiro atoms. The van der Waals surface area contributed by atoms with Gasteiger partial charge in [0.1, 0.15) is 6.61 Å². The SMILES string of the molecule is Cc1ccn(-c2ccc(-c3cnn4cc(C=O)c([C@@H]5C[C@H]6CC[C@@H](C5)N6C(=O)CO)nc34)cn2)n1. The third-order valence-corrected chi connectivity index (χ3v) is 7.24. The number of hydrogen-bond acceptors (Lipinski definition) is 7. The minimum absolute atomic E-state index is 0.0618. The Bertz CT molecular complexity index is 1410. The second-order valence-electron chi connectivity index (χ2n) is 9.34. The second kappa shape index (κ2) is 8.38. The van der Waals surface area contributed by atoms with Crippen LogP contribution in [0.25, 0.3) is 22.6 Å². The normalized spacial score (nSPS) is 21.5. The van der Waals surface area contributed by atoms with E-state index in [0.717, 1.165) is 60.3 Å². The summed E-state index contributed by atoms with van der Waals surface area (Å²) in [5, 5.41) is 18.2. The molecular formula is C25H25N7O3. The summed E-state index contributed by atoms with van der Waals surface area (Å²) < 4.78 is 3.36. The molecule has 6 heterocycles. The fraction of sp³-hybridized carbons (Fsp3) is 0.360. The number of hydrogen-bond donors (Lipinski definition) is 1. The standard InChI is InChI=1S/C25H25N7O3/c1-15-6-7-30(29-15)22-5-2-16(10-26-22)21-11-27-31-12-18(13-33)24(28-25(21)31)17-8-19-3-4-20(9-17)32(19)23(35)14-34/h2,5-7,10-13,17,19-20,34H,3-4,8-9,14H2,1H3/t17-,19-,20+. The molecule has 0 aromatic carbocycles. The Hall–Kier alpha value is -3.92. The maximum atomic E-state index is 12.2. The summed E-state index contributed by atoms with van der Waals surface area (Å²) in [5.74, 6) is 0.566. The van der Waals surface area contributed by atoms with Crippen molar-refractivity contribution in [3.05, 3.63) is 59.9 Å². The van der Waals surface area contributed by atoms with Crippen molar-refractivity contribution in [2.24, 2.45) is 0 Å². The Kier molecular flexibility index (Phi) is 5.18. The first-order valence-electron chi connectivity index (χ1n) is 11.8. The van der Waals surface area contributed by atoms with Gasteiger partial charge >= 0.3 is 0 Å². The number of fused-ring (bicyclic) bond motifs is 3. The zero-order valence-electron chi connectivity index (χ0n) is 19.3. The van der Waals surface area contributed by atoms with Gasteiger partial charge in [-0.15, -0.1) is 0 Å². The highest BCUT2D eigenvalue weighted by molar-refractivity contribution is 5.81. The average Bonchev–Trinajstić information content (AvgIpc) is 3.58. The van der Waals surface area contributed by atoms with Crippen molar-refractivity contribution in [3.8, 4) is 16.9 Å². The molecule has 4 aromatic heterocycles. The van der Waals surface area contributed by atoms with Crippen LogP contribution >= 0.6 is 0 Å². The Morgan fingerprint density at radius 1 is 1.17 bits per heavy atom. The van der Waals surface area contributed by atoms with E-state index in [0.29, 0.717) is 11.2 Å². The van der Waals surface area contributed by atoms with Crippen molar-refractivity contribution in [1.29, 1.82) is 0 Å². The number of aryl methyl sites for hydroxylation is 1. The van der Waals surface area contributed by atoms with Crippen LogP contribution in [0, 0.1) is 6.92 Å². The number of rotatable bonds is 5. The van der Waals surface area contributed by atoms with Crippen molar-refractivity contribution < 1.29 is 14.7 Å². The summed E-state index contributed by atoms with van der Waals surface area (Å²) in [6.45, 7) is 1.47. The van der Waals surface area contributed by atoms with Gasteiger partial charge in [-0.2, -0.15) is 10.2 Å². The molecule has 35 heavy (non-hydrogen) atoms. The van der Waals surface area contributed by atoms with Crippen molar-refractivity contribution >= 4 is 17.8 Å².